The first-order valence-corrected chi connectivity index (χ1v) is 10.6. The molecule has 1 fully saturated rings. The summed E-state index contributed by atoms with van der Waals surface area (Å²) >= 11 is 0. The number of rotatable bonds is 6. The zero-order chi connectivity index (χ0) is 21.8. The fourth-order valence-corrected chi connectivity index (χ4v) is 4.47. The summed E-state index contributed by atoms with van der Waals surface area (Å²) in [6.07, 6.45) is 4.66. The number of hydrogen-bond acceptors (Lipinski definition) is 6. The van der Waals surface area contributed by atoms with E-state index in [1.54, 1.807) is 24.5 Å². The minimum absolute atomic E-state index is 0.0523. The van der Waals surface area contributed by atoms with Crippen molar-refractivity contribution in [2.75, 3.05) is 40.4 Å². The van der Waals surface area contributed by atoms with E-state index in [0.29, 0.717) is 30.2 Å². The zero-order valence-corrected chi connectivity index (χ0v) is 18.0. The van der Waals surface area contributed by atoms with Gasteiger partial charge in [-0.05, 0) is 25.0 Å². The molecule has 1 aromatic carbocycles. The Balaban J connectivity index is 1.28. The van der Waals surface area contributed by atoms with Gasteiger partial charge in [0.15, 0.2) is 0 Å². The molecule has 2 aliphatic heterocycles. The molecule has 9 nitrogen and oxygen atoms in total. The number of fused-ring (bicyclic) bond motifs is 2. The van der Waals surface area contributed by atoms with Gasteiger partial charge in [0.2, 0.25) is 5.91 Å². The van der Waals surface area contributed by atoms with Crippen LogP contribution in [0.3, 0.4) is 0 Å². The Morgan fingerprint density at radius 1 is 1.16 bits per heavy atom. The van der Waals surface area contributed by atoms with E-state index < -0.39 is 0 Å². The number of benzene rings is 1. The number of imidazole rings is 1. The van der Waals surface area contributed by atoms with Gasteiger partial charge in [-0.25, -0.2) is 4.98 Å². The van der Waals surface area contributed by atoms with Crippen LogP contribution in [0.1, 0.15) is 41.0 Å². The molecule has 0 atom stereocenters. The van der Waals surface area contributed by atoms with Gasteiger partial charge in [0.05, 0.1) is 31.8 Å². The Labute approximate surface area is 181 Å². The molecule has 2 aromatic rings. The van der Waals surface area contributed by atoms with E-state index in [9.17, 15) is 9.59 Å². The molecule has 4 rings (SSSR count). The lowest BCUT2D eigenvalue weighted by Gasteiger charge is -2.44. The van der Waals surface area contributed by atoms with Crippen LogP contribution in [0.5, 0.6) is 11.5 Å². The van der Waals surface area contributed by atoms with Crippen molar-refractivity contribution in [3.8, 4) is 11.5 Å². The van der Waals surface area contributed by atoms with Crippen molar-refractivity contribution in [3.63, 3.8) is 0 Å². The minimum Gasteiger partial charge on any atom is -0.497 e. The quantitative estimate of drug-likeness (QED) is 0.640. The number of likely N-dealkylation sites (tertiary alicyclic amines) is 1. The van der Waals surface area contributed by atoms with E-state index in [4.69, 9.17) is 9.47 Å². The van der Waals surface area contributed by atoms with Crippen LogP contribution in [0, 0.1) is 0 Å². The fourth-order valence-electron chi connectivity index (χ4n) is 4.47. The summed E-state index contributed by atoms with van der Waals surface area (Å²) in [5, 5.41) is 6.45. The summed E-state index contributed by atoms with van der Waals surface area (Å²) in [7, 11) is 3.07. The largest absolute Gasteiger partial charge is 0.497 e. The van der Waals surface area contributed by atoms with Crippen LogP contribution in [-0.2, 0) is 16.8 Å². The molecular weight excluding hydrogens is 398 g/mol. The summed E-state index contributed by atoms with van der Waals surface area (Å²) in [4.78, 5) is 34.8. The smallest absolute Gasteiger partial charge is 0.251 e. The lowest BCUT2D eigenvalue weighted by molar-refractivity contribution is -0.132. The summed E-state index contributed by atoms with van der Waals surface area (Å²) < 4.78 is 10.4. The maximum atomic E-state index is 12.7. The predicted octanol–water partition coefficient (Wildman–Crippen LogP) is 1.21. The Bertz CT molecular complexity index is 927. The van der Waals surface area contributed by atoms with Crippen LogP contribution in [-0.4, -0.2) is 67.1 Å². The molecule has 1 aromatic heterocycles. The lowest BCUT2D eigenvalue weighted by Crippen LogP contribution is -2.55. The number of aromatic nitrogens is 2. The second-order valence-electron chi connectivity index (χ2n) is 7.98. The van der Waals surface area contributed by atoms with Gasteiger partial charge >= 0.3 is 0 Å². The van der Waals surface area contributed by atoms with Gasteiger partial charge in [0.1, 0.15) is 11.5 Å². The third kappa shape index (κ3) is 4.36. The summed E-state index contributed by atoms with van der Waals surface area (Å²) in [5.74, 6) is 0.870. The molecule has 0 bridgehead atoms. The third-order valence-electron chi connectivity index (χ3n) is 6.22. The topological polar surface area (TPSA) is 109 Å². The van der Waals surface area contributed by atoms with Crippen LogP contribution in [0.2, 0.25) is 0 Å². The SMILES string of the molecule is COc1cc(OC)cc(C(=O)NCCC(=O)N2CCC3(CC2)NCCc2[nH]cnc23)c1. The number of carbonyl (C=O) groups is 2. The van der Waals surface area contributed by atoms with Crippen molar-refractivity contribution < 1.29 is 19.1 Å². The number of hydrogen-bond donors (Lipinski definition) is 3. The molecular formula is C22H29N5O4. The van der Waals surface area contributed by atoms with Gasteiger partial charge in [0, 0.05) is 56.3 Å². The number of methoxy groups -OCH3 is 2. The highest BCUT2D eigenvalue weighted by molar-refractivity contribution is 5.95. The minimum atomic E-state index is -0.264. The van der Waals surface area contributed by atoms with Crippen LogP contribution in [0.25, 0.3) is 0 Å². The van der Waals surface area contributed by atoms with Crippen LogP contribution in [0.15, 0.2) is 24.5 Å². The van der Waals surface area contributed by atoms with Gasteiger partial charge in [-0.2, -0.15) is 0 Å². The van der Waals surface area contributed by atoms with Gasteiger partial charge in [-0.15, -0.1) is 0 Å². The highest BCUT2D eigenvalue weighted by atomic mass is 16.5. The second-order valence-corrected chi connectivity index (χ2v) is 7.98. The van der Waals surface area contributed by atoms with Crippen molar-refractivity contribution in [3.05, 3.63) is 41.5 Å². The first kappa shape index (κ1) is 21.2. The van der Waals surface area contributed by atoms with E-state index in [1.807, 2.05) is 4.90 Å². The van der Waals surface area contributed by atoms with Crippen LogP contribution in [0.4, 0.5) is 0 Å². The maximum absolute atomic E-state index is 12.7. The molecule has 0 radical (unpaired) electrons. The molecule has 0 unspecified atom stereocenters. The molecule has 9 heteroatoms. The number of nitrogens with zero attached hydrogens (tertiary/aromatic N) is 2. The van der Waals surface area contributed by atoms with Crippen molar-refractivity contribution in [2.24, 2.45) is 0 Å². The summed E-state index contributed by atoms with van der Waals surface area (Å²) in [6, 6.07) is 4.99. The zero-order valence-electron chi connectivity index (χ0n) is 18.0. The van der Waals surface area contributed by atoms with Gasteiger partial charge in [-0.1, -0.05) is 0 Å². The molecule has 31 heavy (non-hydrogen) atoms. The molecule has 3 heterocycles. The molecule has 1 spiro atoms. The van der Waals surface area contributed by atoms with Crippen molar-refractivity contribution >= 4 is 11.8 Å². The molecule has 2 aliphatic rings. The number of aromatic amines is 1. The lowest BCUT2D eigenvalue weighted by atomic mass is 9.80. The number of amides is 2. The molecule has 0 aliphatic carbocycles. The Morgan fingerprint density at radius 2 is 1.87 bits per heavy atom. The number of carbonyl (C=O) groups excluding carboxylic acids is 2. The number of piperidine rings is 1. The Kier molecular flexibility index (Phi) is 6.13. The van der Waals surface area contributed by atoms with E-state index in [2.05, 4.69) is 20.6 Å². The summed E-state index contributed by atoms with van der Waals surface area (Å²) in [6.45, 7) is 2.56. The molecule has 3 N–H and O–H groups in total. The molecule has 2 amide bonds. The van der Waals surface area contributed by atoms with Crippen LogP contribution >= 0.6 is 0 Å². The van der Waals surface area contributed by atoms with Crippen molar-refractivity contribution in [1.29, 1.82) is 0 Å². The Morgan fingerprint density at radius 3 is 2.55 bits per heavy atom. The average Bonchev–Trinajstić information content (AvgIpc) is 3.29. The molecule has 1 saturated heterocycles. The number of nitrogens with one attached hydrogen (secondary N) is 3. The normalized spacial score (nSPS) is 17.2. The molecule has 166 valence electrons. The van der Waals surface area contributed by atoms with E-state index >= 15 is 0 Å². The highest BCUT2D eigenvalue weighted by Gasteiger charge is 2.41. The van der Waals surface area contributed by atoms with Crippen molar-refractivity contribution in [2.45, 2.75) is 31.2 Å². The first-order chi connectivity index (χ1) is 15.0. The predicted molar refractivity (Wildman–Crippen MR) is 114 cm³/mol. The second kappa shape index (κ2) is 8.97. The van der Waals surface area contributed by atoms with Crippen molar-refractivity contribution in [1.82, 2.24) is 25.5 Å². The van der Waals surface area contributed by atoms with Gasteiger partial charge < -0.3 is 30.0 Å². The standard InChI is InChI=1S/C22H29N5O4/c1-30-16-11-15(12-17(13-16)31-2)21(29)23-7-4-19(28)27-9-5-22(6-10-27)20-18(3-8-26-22)24-14-25-20/h11-14,26H,3-10H2,1-2H3,(H,23,29)(H,24,25). The Hall–Kier alpha value is -3.07. The monoisotopic (exact) mass is 427 g/mol. The van der Waals surface area contributed by atoms with Crippen LogP contribution < -0.4 is 20.1 Å². The number of H-pyrrole nitrogens is 1. The third-order valence-corrected chi connectivity index (χ3v) is 6.22. The fraction of sp³-hybridized carbons (Fsp3) is 0.500. The van der Waals surface area contributed by atoms with E-state index in [1.165, 1.54) is 19.9 Å². The number of ether oxygens (including phenoxy) is 2. The average molecular weight is 428 g/mol. The van der Waals surface area contributed by atoms with Gasteiger partial charge in [-0.3, -0.25) is 9.59 Å². The van der Waals surface area contributed by atoms with E-state index in [-0.39, 0.29) is 30.3 Å². The summed E-state index contributed by atoms with van der Waals surface area (Å²) in [5.41, 5.74) is 2.60. The highest BCUT2D eigenvalue weighted by Crippen LogP contribution is 2.35. The molecule has 0 saturated carbocycles. The maximum Gasteiger partial charge on any atom is 0.251 e. The van der Waals surface area contributed by atoms with E-state index in [0.717, 1.165) is 31.5 Å². The van der Waals surface area contributed by atoms with Gasteiger partial charge in [0.25, 0.3) is 5.91 Å². The first-order valence-electron chi connectivity index (χ1n) is 10.6.